The summed E-state index contributed by atoms with van der Waals surface area (Å²) in [6.07, 6.45) is 8.44. The van der Waals surface area contributed by atoms with Crippen molar-refractivity contribution in [2.45, 2.75) is 57.3 Å². The van der Waals surface area contributed by atoms with Gasteiger partial charge in [-0.3, -0.25) is 9.59 Å². The van der Waals surface area contributed by atoms with Crippen LogP contribution in [0.3, 0.4) is 0 Å². The lowest BCUT2D eigenvalue weighted by molar-refractivity contribution is -0.141. The van der Waals surface area contributed by atoms with Gasteiger partial charge >= 0.3 is 5.97 Å². The van der Waals surface area contributed by atoms with E-state index in [1.807, 2.05) is 0 Å². The standard InChI is InChI=1S/C22H27NO3/c1-13-4-18(22-9-14-5-15(10-22)7-16(6-14)11-22)2-3-19(13)23-12-17(21(25)26)8-20(23)24/h2-4,14-17H,5-12H2,1H3,(H,25,26)/t14?,15?,16?,17-,22?/m0/s1. The van der Waals surface area contributed by atoms with Crippen LogP contribution in [0.5, 0.6) is 0 Å². The van der Waals surface area contributed by atoms with E-state index in [9.17, 15) is 14.7 Å². The minimum atomic E-state index is -0.872. The van der Waals surface area contributed by atoms with Crippen molar-refractivity contribution in [3.63, 3.8) is 0 Å². The molecule has 1 heterocycles. The second-order valence-electron chi connectivity index (χ2n) is 9.44. The van der Waals surface area contributed by atoms with Crippen LogP contribution in [-0.2, 0) is 15.0 Å². The summed E-state index contributed by atoms with van der Waals surface area (Å²) in [5.41, 5.74) is 3.82. The van der Waals surface area contributed by atoms with E-state index in [1.165, 1.54) is 44.1 Å². The molecule has 4 heteroatoms. The van der Waals surface area contributed by atoms with Gasteiger partial charge in [0.2, 0.25) is 5.91 Å². The molecule has 0 radical (unpaired) electrons. The average molecular weight is 353 g/mol. The molecule has 0 unspecified atom stereocenters. The zero-order chi connectivity index (χ0) is 18.1. The number of hydrogen-bond acceptors (Lipinski definition) is 2. The fourth-order valence-corrected chi connectivity index (χ4v) is 6.86. The molecular formula is C22H27NO3. The van der Waals surface area contributed by atoms with Crippen molar-refractivity contribution in [2.24, 2.45) is 23.7 Å². The second-order valence-corrected chi connectivity index (χ2v) is 9.44. The zero-order valence-corrected chi connectivity index (χ0v) is 15.4. The number of carbonyl (C=O) groups is 2. The maximum atomic E-state index is 12.3. The number of amides is 1. The molecule has 1 aromatic rings. The van der Waals surface area contributed by atoms with E-state index in [4.69, 9.17) is 0 Å². The summed E-state index contributed by atoms with van der Waals surface area (Å²) >= 11 is 0. The largest absolute Gasteiger partial charge is 0.481 e. The maximum Gasteiger partial charge on any atom is 0.308 e. The number of aliphatic carboxylic acids is 1. The molecule has 1 aliphatic heterocycles. The number of rotatable bonds is 3. The molecule has 1 aromatic carbocycles. The molecule has 6 rings (SSSR count). The summed E-state index contributed by atoms with van der Waals surface area (Å²) in [6.45, 7) is 2.37. The molecule has 1 saturated heterocycles. The van der Waals surface area contributed by atoms with Gasteiger partial charge in [0.15, 0.2) is 0 Å². The number of carboxylic acids is 1. The van der Waals surface area contributed by atoms with Crippen LogP contribution in [-0.4, -0.2) is 23.5 Å². The first-order valence-electron chi connectivity index (χ1n) is 10.1. The van der Waals surface area contributed by atoms with Crippen molar-refractivity contribution in [2.75, 3.05) is 11.4 Å². The van der Waals surface area contributed by atoms with E-state index >= 15 is 0 Å². The van der Waals surface area contributed by atoms with Gasteiger partial charge in [0.25, 0.3) is 0 Å². The van der Waals surface area contributed by atoms with Crippen LogP contribution in [0, 0.1) is 30.6 Å². The number of benzene rings is 1. The Morgan fingerprint density at radius 1 is 1.12 bits per heavy atom. The van der Waals surface area contributed by atoms with Gasteiger partial charge in [-0.2, -0.15) is 0 Å². The number of nitrogens with zero attached hydrogens (tertiary/aromatic N) is 1. The SMILES string of the molecule is Cc1cc(C23CC4CC(CC(C4)C2)C3)ccc1N1C[C@@H](C(=O)O)CC1=O. The highest BCUT2D eigenvalue weighted by Crippen LogP contribution is 2.60. The Labute approximate surface area is 154 Å². The van der Waals surface area contributed by atoms with Crippen LogP contribution < -0.4 is 4.90 Å². The monoisotopic (exact) mass is 353 g/mol. The quantitative estimate of drug-likeness (QED) is 0.896. The van der Waals surface area contributed by atoms with E-state index in [1.54, 1.807) is 4.90 Å². The third-order valence-electron chi connectivity index (χ3n) is 7.61. The summed E-state index contributed by atoms with van der Waals surface area (Å²) in [4.78, 5) is 25.2. The van der Waals surface area contributed by atoms with Crippen LogP contribution in [0.15, 0.2) is 18.2 Å². The topological polar surface area (TPSA) is 57.6 Å². The lowest BCUT2D eigenvalue weighted by Gasteiger charge is -2.57. The number of aryl methyl sites for hydroxylation is 1. The molecule has 5 fully saturated rings. The first-order chi connectivity index (χ1) is 12.4. The molecule has 1 amide bonds. The van der Waals surface area contributed by atoms with E-state index in [0.717, 1.165) is 29.0 Å². The second kappa shape index (κ2) is 5.58. The predicted molar refractivity (Wildman–Crippen MR) is 99.1 cm³/mol. The van der Waals surface area contributed by atoms with E-state index < -0.39 is 11.9 Å². The molecule has 1 N–H and O–H groups in total. The summed E-state index contributed by atoms with van der Waals surface area (Å²) in [7, 11) is 0. The lowest BCUT2D eigenvalue weighted by Crippen LogP contribution is -2.48. The van der Waals surface area contributed by atoms with Crippen LogP contribution >= 0.6 is 0 Å². The van der Waals surface area contributed by atoms with E-state index in [2.05, 4.69) is 25.1 Å². The Morgan fingerprint density at radius 2 is 1.73 bits per heavy atom. The molecule has 4 bridgehead atoms. The van der Waals surface area contributed by atoms with Crippen LogP contribution in [0.2, 0.25) is 0 Å². The summed E-state index contributed by atoms with van der Waals surface area (Å²) in [5, 5.41) is 9.23. The Hall–Kier alpha value is -1.84. The van der Waals surface area contributed by atoms with Gasteiger partial charge in [-0.25, -0.2) is 0 Å². The molecule has 26 heavy (non-hydrogen) atoms. The van der Waals surface area contributed by atoms with Gasteiger partial charge in [-0.1, -0.05) is 12.1 Å². The lowest BCUT2D eigenvalue weighted by atomic mass is 9.48. The Bertz CT molecular complexity index is 748. The molecule has 4 nitrogen and oxygen atoms in total. The van der Waals surface area contributed by atoms with Gasteiger partial charge in [0.05, 0.1) is 5.92 Å². The zero-order valence-electron chi connectivity index (χ0n) is 15.4. The summed E-state index contributed by atoms with van der Waals surface area (Å²) in [5.74, 6) is 1.23. The van der Waals surface area contributed by atoms with E-state index in [0.29, 0.717) is 12.0 Å². The molecule has 138 valence electrons. The van der Waals surface area contributed by atoms with Crippen molar-refractivity contribution >= 4 is 17.6 Å². The Kier molecular flexibility index (Phi) is 3.51. The first kappa shape index (κ1) is 16.3. The summed E-state index contributed by atoms with van der Waals surface area (Å²) in [6, 6.07) is 6.60. The minimum absolute atomic E-state index is 0.0666. The highest BCUT2D eigenvalue weighted by atomic mass is 16.4. The Balaban J connectivity index is 1.44. The van der Waals surface area contributed by atoms with Crippen molar-refractivity contribution in [3.8, 4) is 0 Å². The van der Waals surface area contributed by atoms with Gasteiger partial charge in [-0.15, -0.1) is 0 Å². The third kappa shape index (κ3) is 2.41. The van der Waals surface area contributed by atoms with Gasteiger partial charge in [0, 0.05) is 18.7 Å². The normalized spacial score (nSPS) is 38.2. The summed E-state index contributed by atoms with van der Waals surface area (Å²) < 4.78 is 0. The number of anilines is 1. The van der Waals surface area contributed by atoms with Gasteiger partial charge < -0.3 is 10.0 Å². The number of carboxylic acid groups (broad SMARTS) is 1. The van der Waals surface area contributed by atoms with Crippen LogP contribution in [0.25, 0.3) is 0 Å². The fourth-order valence-electron chi connectivity index (χ4n) is 6.86. The molecule has 5 aliphatic rings. The number of carbonyl (C=O) groups excluding carboxylic acids is 1. The van der Waals surface area contributed by atoms with Crippen molar-refractivity contribution < 1.29 is 14.7 Å². The van der Waals surface area contributed by atoms with Gasteiger partial charge in [0.1, 0.15) is 0 Å². The van der Waals surface area contributed by atoms with Crippen LogP contribution in [0.4, 0.5) is 5.69 Å². The maximum absolute atomic E-state index is 12.3. The molecule has 4 saturated carbocycles. The van der Waals surface area contributed by atoms with Crippen molar-refractivity contribution in [3.05, 3.63) is 29.3 Å². The Morgan fingerprint density at radius 3 is 2.23 bits per heavy atom. The van der Waals surface area contributed by atoms with Crippen molar-refractivity contribution in [1.29, 1.82) is 0 Å². The molecular weight excluding hydrogens is 326 g/mol. The fraction of sp³-hybridized carbons (Fsp3) is 0.636. The first-order valence-corrected chi connectivity index (χ1v) is 10.1. The number of hydrogen-bond donors (Lipinski definition) is 1. The van der Waals surface area contributed by atoms with Crippen molar-refractivity contribution in [1.82, 2.24) is 0 Å². The predicted octanol–water partition coefficient (Wildman–Crippen LogP) is 3.90. The molecule has 4 aliphatic carbocycles. The van der Waals surface area contributed by atoms with Gasteiger partial charge in [-0.05, 0) is 85.8 Å². The average Bonchev–Trinajstić information content (AvgIpc) is 2.95. The highest BCUT2D eigenvalue weighted by molar-refractivity contribution is 5.99. The van der Waals surface area contributed by atoms with E-state index in [-0.39, 0.29) is 12.3 Å². The molecule has 0 aromatic heterocycles. The van der Waals surface area contributed by atoms with Crippen LogP contribution in [0.1, 0.15) is 56.1 Å². The third-order valence-corrected chi connectivity index (χ3v) is 7.61. The molecule has 1 atom stereocenters. The highest BCUT2D eigenvalue weighted by Gasteiger charge is 2.51. The molecule has 0 spiro atoms. The minimum Gasteiger partial charge on any atom is -0.481 e. The smallest absolute Gasteiger partial charge is 0.308 e.